The molecule has 24 heavy (non-hydrogen) atoms. The molecule has 0 spiro atoms. The van der Waals surface area contributed by atoms with Gasteiger partial charge >= 0.3 is 0 Å². The molecule has 1 fully saturated rings. The third-order valence-electron chi connectivity index (χ3n) is 3.87. The second kappa shape index (κ2) is 6.92. The van der Waals surface area contributed by atoms with Crippen LogP contribution in [0.4, 0.5) is 5.82 Å². The molecule has 1 aliphatic rings. The first-order valence-electron chi connectivity index (χ1n) is 7.38. The van der Waals surface area contributed by atoms with Gasteiger partial charge in [0.05, 0.1) is 12.0 Å². The van der Waals surface area contributed by atoms with Crippen molar-refractivity contribution in [1.82, 2.24) is 14.3 Å². The summed E-state index contributed by atoms with van der Waals surface area (Å²) in [4.78, 5) is 10.3. The lowest BCUT2D eigenvalue weighted by Crippen LogP contribution is -2.48. The number of rotatable bonds is 4. The van der Waals surface area contributed by atoms with Crippen LogP contribution in [-0.4, -0.2) is 56.0 Å². The molecule has 0 radical (unpaired) electrons. The maximum absolute atomic E-state index is 12.7. The Hall–Kier alpha value is -1.90. The largest absolute Gasteiger partial charge is 0.497 e. The normalized spacial score (nSPS) is 16.2. The van der Waals surface area contributed by atoms with Gasteiger partial charge in [-0.3, -0.25) is 0 Å². The first-order valence-corrected chi connectivity index (χ1v) is 9.20. The second-order valence-electron chi connectivity index (χ2n) is 5.25. The fourth-order valence-corrected chi connectivity index (χ4v) is 4.12. The molecule has 0 saturated carbocycles. The van der Waals surface area contributed by atoms with E-state index in [4.69, 9.17) is 16.3 Å². The smallest absolute Gasteiger partial charge is 0.243 e. The predicted molar refractivity (Wildman–Crippen MR) is 91.0 cm³/mol. The van der Waals surface area contributed by atoms with Gasteiger partial charge in [-0.1, -0.05) is 0 Å². The Morgan fingerprint density at radius 2 is 1.75 bits per heavy atom. The van der Waals surface area contributed by atoms with E-state index in [1.165, 1.54) is 4.31 Å². The molecule has 0 aliphatic carbocycles. The molecule has 0 N–H and O–H groups in total. The number of nitrogens with zero attached hydrogens (tertiary/aromatic N) is 4. The zero-order valence-corrected chi connectivity index (χ0v) is 14.7. The number of benzene rings is 1. The summed E-state index contributed by atoms with van der Waals surface area (Å²) in [5.41, 5.74) is 0. The predicted octanol–water partition coefficient (Wildman–Crippen LogP) is 1.65. The lowest BCUT2D eigenvalue weighted by Gasteiger charge is -2.34. The van der Waals surface area contributed by atoms with Crippen LogP contribution in [0.5, 0.6) is 5.75 Å². The highest BCUT2D eigenvalue weighted by Gasteiger charge is 2.29. The molecular weight excluding hydrogens is 352 g/mol. The molecule has 2 aromatic rings. The summed E-state index contributed by atoms with van der Waals surface area (Å²) in [5.74, 6) is 1.33. The quantitative estimate of drug-likeness (QED) is 0.764. The number of hydrogen-bond donors (Lipinski definition) is 0. The van der Waals surface area contributed by atoms with Crippen LogP contribution in [0.2, 0.25) is 5.28 Å². The van der Waals surface area contributed by atoms with E-state index in [0.29, 0.717) is 37.7 Å². The van der Waals surface area contributed by atoms with Crippen molar-refractivity contribution >= 4 is 27.4 Å². The Morgan fingerprint density at radius 1 is 1.08 bits per heavy atom. The number of sulfonamides is 1. The molecule has 0 atom stereocenters. The van der Waals surface area contributed by atoms with Crippen molar-refractivity contribution in [3.8, 4) is 5.75 Å². The van der Waals surface area contributed by atoms with E-state index in [1.54, 1.807) is 43.6 Å². The zero-order chi connectivity index (χ0) is 17.2. The summed E-state index contributed by atoms with van der Waals surface area (Å²) >= 11 is 5.80. The van der Waals surface area contributed by atoms with Gasteiger partial charge in [-0.15, -0.1) is 0 Å². The van der Waals surface area contributed by atoms with Gasteiger partial charge in [-0.25, -0.2) is 18.4 Å². The van der Waals surface area contributed by atoms with Crippen LogP contribution in [-0.2, 0) is 10.0 Å². The first kappa shape index (κ1) is 16.9. The highest BCUT2D eigenvalue weighted by molar-refractivity contribution is 7.89. The average molecular weight is 369 g/mol. The zero-order valence-electron chi connectivity index (χ0n) is 13.1. The number of aromatic nitrogens is 2. The van der Waals surface area contributed by atoms with Gasteiger partial charge in [0.25, 0.3) is 0 Å². The molecule has 9 heteroatoms. The average Bonchev–Trinajstić information content (AvgIpc) is 2.62. The van der Waals surface area contributed by atoms with E-state index in [9.17, 15) is 8.42 Å². The highest BCUT2D eigenvalue weighted by Crippen LogP contribution is 2.22. The third kappa shape index (κ3) is 3.45. The van der Waals surface area contributed by atoms with E-state index in [2.05, 4.69) is 9.97 Å². The molecule has 7 nitrogen and oxygen atoms in total. The van der Waals surface area contributed by atoms with Crippen molar-refractivity contribution < 1.29 is 13.2 Å². The fourth-order valence-electron chi connectivity index (χ4n) is 2.56. The number of piperazine rings is 1. The maximum Gasteiger partial charge on any atom is 0.243 e. The molecule has 1 aromatic carbocycles. The van der Waals surface area contributed by atoms with Crippen molar-refractivity contribution in [1.29, 1.82) is 0 Å². The van der Waals surface area contributed by atoms with Crippen LogP contribution in [0.1, 0.15) is 0 Å². The van der Waals surface area contributed by atoms with Gasteiger partial charge in [0.15, 0.2) is 0 Å². The Balaban J connectivity index is 1.71. The highest BCUT2D eigenvalue weighted by atomic mass is 35.5. The van der Waals surface area contributed by atoms with Crippen molar-refractivity contribution in [2.24, 2.45) is 0 Å². The lowest BCUT2D eigenvalue weighted by atomic mass is 10.3. The Bertz CT molecular complexity index is 806. The van der Waals surface area contributed by atoms with Crippen LogP contribution in [0, 0.1) is 0 Å². The van der Waals surface area contributed by atoms with Crippen molar-refractivity contribution in [2.45, 2.75) is 4.90 Å². The molecule has 128 valence electrons. The fraction of sp³-hybridized carbons (Fsp3) is 0.333. The number of methoxy groups -OCH3 is 1. The van der Waals surface area contributed by atoms with Gasteiger partial charge < -0.3 is 9.64 Å². The maximum atomic E-state index is 12.7. The molecule has 3 rings (SSSR count). The first-order chi connectivity index (χ1) is 11.5. The minimum Gasteiger partial charge on any atom is -0.497 e. The van der Waals surface area contributed by atoms with Crippen molar-refractivity contribution in [3.05, 3.63) is 41.8 Å². The monoisotopic (exact) mass is 368 g/mol. The van der Waals surface area contributed by atoms with Crippen molar-refractivity contribution in [3.63, 3.8) is 0 Å². The SMILES string of the molecule is COc1ccc(S(=O)(=O)N2CCN(c3ccnc(Cl)n3)CC2)cc1. The van der Waals surface area contributed by atoms with E-state index >= 15 is 0 Å². The summed E-state index contributed by atoms with van der Waals surface area (Å²) in [6, 6.07) is 8.17. The van der Waals surface area contributed by atoms with Gasteiger partial charge in [-0.2, -0.15) is 4.31 Å². The summed E-state index contributed by atoms with van der Waals surface area (Å²) in [7, 11) is -1.96. The number of anilines is 1. The molecule has 0 unspecified atom stereocenters. The van der Waals surface area contributed by atoms with Crippen LogP contribution in [0.15, 0.2) is 41.4 Å². The topological polar surface area (TPSA) is 75.6 Å². The van der Waals surface area contributed by atoms with Crippen LogP contribution < -0.4 is 9.64 Å². The van der Waals surface area contributed by atoms with Crippen LogP contribution in [0.3, 0.4) is 0 Å². The van der Waals surface area contributed by atoms with E-state index in [-0.39, 0.29) is 10.2 Å². The molecule has 1 saturated heterocycles. The second-order valence-corrected chi connectivity index (χ2v) is 7.53. The number of ether oxygens (including phenoxy) is 1. The lowest BCUT2D eigenvalue weighted by molar-refractivity contribution is 0.383. The summed E-state index contributed by atoms with van der Waals surface area (Å²) in [6.07, 6.45) is 1.59. The van der Waals surface area contributed by atoms with E-state index in [0.717, 1.165) is 0 Å². The van der Waals surface area contributed by atoms with E-state index < -0.39 is 10.0 Å². The minimum absolute atomic E-state index is 0.181. The summed E-state index contributed by atoms with van der Waals surface area (Å²) in [5, 5.41) is 0.181. The summed E-state index contributed by atoms with van der Waals surface area (Å²) < 4.78 is 32.0. The van der Waals surface area contributed by atoms with Gasteiger partial charge in [0.1, 0.15) is 11.6 Å². The Morgan fingerprint density at radius 3 is 2.33 bits per heavy atom. The Labute approximate surface area is 145 Å². The Kier molecular flexibility index (Phi) is 4.88. The van der Waals surface area contributed by atoms with Gasteiger partial charge in [0, 0.05) is 32.4 Å². The minimum atomic E-state index is -3.51. The molecule has 1 aromatic heterocycles. The third-order valence-corrected chi connectivity index (χ3v) is 5.97. The van der Waals surface area contributed by atoms with Gasteiger partial charge in [-0.05, 0) is 41.9 Å². The molecule has 0 amide bonds. The van der Waals surface area contributed by atoms with Crippen LogP contribution >= 0.6 is 11.6 Å². The molecular formula is C15H17ClN4O3S. The standard InChI is InChI=1S/C15H17ClN4O3S/c1-23-12-2-4-13(5-3-12)24(21,22)20-10-8-19(9-11-20)14-6-7-17-15(16)18-14/h2-7H,8-11H2,1H3. The molecule has 0 bridgehead atoms. The number of hydrogen-bond acceptors (Lipinski definition) is 6. The summed E-state index contributed by atoms with van der Waals surface area (Å²) in [6.45, 7) is 1.86. The van der Waals surface area contributed by atoms with Crippen molar-refractivity contribution in [2.75, 3.05) is 38.2 Å². The molecule has 2 heterocycles. The van der Waals surface area contributed by atoms with E-state index in [1.807, 2.05) is 4.90 Å². The van der Waals surface area contributed by atoms with Crippen LogP contribution in [0.25, 0.3) is 0 Å². The van der Waals surface area contributed by atoms with Gasteiger partial charge in [0.2, 0.25) is 15.3 Å². The number of halogens is 1. The molecule has 1 aliphatic heterocycles.